The maximum absolute atomic E-state index is 11.7. The molecule has 0 spiro atoms. The Balaban J connectivity index is 1.87. The van der Waals surface area contributed by atoms with Crippen LogP contribution in [0, 0.1) is 6.92 Å². The fourth-order valence-electron chi connectivity index (χ4n) is 1.73. The van der Waals surface area contributed by atoms with Crippen molar-refractivity contribution in [1.82, 2.24) is 5.32 Å². The first-order valence-corrected chi connectivity index (χ1v) is 7.14. The minimum atomic E-state index is -0.0983. The first kappa shape index (κ1) is 14.3. The molecule has 1 aromatic carbocycles. The molecule has 20 heavy (non-hydrogen) atoms. The maximum Gasteiger partial charge on any atom is 0.244 e. The van der Waals surface area contributed by atoms with Gasteiger partial charge in [0.2, 0.25) is 5.91 Å². The van der Waals surface area contributed by atoms with Crippen LogP contribution in [0.15, 0.2) is 42.5 Å². The molecule has 2 rings (SSSR count). The number of hydrogen-bond donors (Lipinski definition) is 1. The largest absolute Gasteiger partial charge is 0.497 e. The predicted octanol–water partition coefficient (Wildman–Crippen LogP) is 3.39. The number of nitrogens with one attached hydrogen (secondary N) is 1. The van der Waals surface area contributed by atoms with E-state index in [-0.39, 0.29) is 5.91 Å². The average molecular weight is 287 g/mol. The van der Waals surface area contributed by atoms with Gasteiger partial charge in [0, 0.05) is 22.4 Å². The highest BCUT2D eigenvalue weighted by Gasteiger charge is 1.99. The van der Waals surface area contributed by atoms with E-state index in [0.29, 0.717) is 6.54 Å². The van der Waals surface area contributed by atoms with Crippen molar-refractivity contribution in [1.29, 1.82) is 0 Å². The highest BCUT2D eigenvalue weighted by Crippen LogP contribution is 2.16. The lowest BCUT2D eigenvalue weighted by Gasteiger charge is -2.04. The van der Waals surface area contributed by atoms with Gasteiger partial charge >= 0.3 is 0 Å². The molecule has 0 saturated carbocycles. The molecule has 2 aromatic rings. The van der Waals surface area contributed by atoms with Gasteiger partial charge in [-0.3, -0.25) is 4.79 Å². The molecule has 0 atom stereocenters. The predicted molar refractivity (Wildman–Crippen MR) is 82.9 cm³/mol. The summed E-state index contributed by atoms with van der Waals surface area (Å²) >= 11 is 1.67. The van der Waals surface area contributed by atoms with Gasteiger partial charge in [0.25, 0.3) is 0 Å². The molecule has 1 aromatic heterocycles. The maximum atomic E-state index is 11.7. The minimum absolute atomic E-state index is 0.0983. The van der Waals surface area contributed by atoms with Crippen LogP contribution in [0.4, 0.5) is 0 Å². The molecule has 0 fully saturated rings. The lowest BCUT2D eigenvalue weighted by atomic mass is 10.2. The van der Waals surface area contributed by atoms with Gasteiger partial charge in [0.15, 0.2) is 0 Å². The van der Waals surface area contributed by atoms with Crippen molar-refractivity contribution in [3.8, 4) is 5.75 Å². The van der Waals surface area contributed by atoms with Crippen LogP contribution in [0.2, 0.25) is 0 Å². The van der Waals surface area contributed by atoms with E-state index in [2.05, 4.69) is 5.32 Å². The molecule has 1 amide bonds. The zero-order valence-electron chi connectivity index (χ0n) is 11.6. The summed E-state index contributed by atoms with van der Waals surface area (Å²) in [5.74, 6) is 0.695. The third-order valence-corrected chi connectivity index (χ3v) is 3.73. The minimum Gasteiger partial charge on any atom is -0.497 e. The standard InChI is InChI=1S/C16H17NO2S/c1-12-6-7-15(20-12)8-9-16(18)17-11-13-4-3-5-14(10-13)19-2/h3-10H,11H2,1-2H3,(H,17,18)/b9-8+. The van der Waals surface area contributed by atoms with Crippen molar-refractivity contribution in [3.05, 3.63) is 57.8 Å². The van der Waals surface area contributed by atoms with Crippen LogP contribution in [0.5, 0.6) is 5.75 Å². The first-order chi connectivity index (χ1) is 9.67. The molecule has 104 valence electrons. The summed E-state index contributed by atoms with van der Waals surface area (Å²) in [5.41, 5.74) is 1.01. The Hall–Kier alpha value is -2.07. The monoisotopic (exact) mass is 287 g/mol. The van der Waals surface area contributed by atoms with E-state index >= 15 is 0 Å². The van der Waals surface area contributed by atoms with E-state index in [0.717, 1.165) is 16.2 Å². The van der Waals surface area contributed by atoms with Gasteiger partial charge in [-0.05, 0) is 42.8 Å². The van der Waals surface area contributed by atoms with Crippen LogP contribution in [0.1, 0.15) is 15.3 Å². The van der Waals surface area contributed by atoms with Gasteiger partial charge in [-0.1, -0.05) is 12.1 Å². The van der Waals surface area contributed by atoms with Crippen molar-refractivity contribution in [3.63, 3.8) is 0 Å². The van der Waals surface area contributed by atoms with E-state index in [1.807, 2.05) is 49.4 Å². The number of amides is 1. The number of methoxy groups -OCH3 is 1. The Morgan fingerprint density at radius 1 is 1.35 bits per heavy atom. The molecule has 4 heteroatoms. The number of benzene rings is 1. The SMILES string of the molecule is COc1cccc(CNC(=O)/C=C/c2ccc(C)s2)c1. The highest BCUT2D eigenvalue weighted by molar-refractivity contribution is 7.12. The molecule has 1 N–H and O–H groups in total. The topological polar surface area (TPSA) is 38.3 Å². The molecule has 0 aliphatic rings. The molecule has 0 aliphatic carbocycles. The number of hydrogen-bond acceptors (Lipinski definition) is 3. The fraction of sp³-hybridized carbons (Fsp3) is 0.188. The van der Waals surface area contributed by atoms with Crippen molar-refractivity contribution in [2.24, 2.45) is 0 Å². The average Bonchev–Trinajstić information content (AvgIpc) is 2.89. The normalized spacial score (nSPS) is 10.7. The summed E-state index contributed by atoms with van der Waals surface area (Å²) in [5, 5.41) is 2.85. The van der Waals surface area contributed by atoms with Crippen LogP contribution >= 0.6 is 11.3 Å². The van der Waals surface area contributed by atoms with E-state index in [9.17, 15) is 4.79 Å². The quantitative estimate of drug-likeness (QED) is 0.856. The Morgan fingerprint density at radius 3 is 2.90 bits per heavy atom. The van der Waals surface area contributed by atoms with Crippen LogP contribution in [0.25, 0.3) is 6.08 Å². The van der Waals surface area contributed by atoms with Gasteiger partial charge in [-0.25, -0.2) is 0 Å². The Morgan fingerprint density at radius 2 is 2.20 bits per heavy atom. The van der Waals surface area contributed by atoms with Crippen molar-refractivity contribution >= 4 is 23.3 Å². The van der Waals surface area contributed by atoms with Crippen LogP contribution < -0.4 is 10.1 Å². The summed E-state index contributed by atoms with van der Waals surface area (Å²) in [6, 6.07) is 11.7. The Kier molecular flexibility index (Phi) is 4.96. The molecule has 0 unspecified atom stereocenters. The number of carbonyl (C=O) groups is 1. The molecular formula is C16H17NO2S. The highest BCUT2D eigenvalue weighted by atomic mass is 32.1. The Labute approximate surface area is 122 Å². The second-order valence-electron chi connectivity index (χ2n) is 4.35. The molecule has 0 aliphatic heterocycles. The smallest absolute Gasteiger partial charge is 0.244 e. The lowest BCUT2D eigenvalue weighted by molar-refractivity contribution is -0.116. The Bertz CT molecular complexity index is 616. The van der Waals surface area contributed by atoms with Crippen molar-refractivity contribution < 1.29 is 9.53 Å². The zero-order valence-corrected chi connectivity index (χ0v) is 12.4. The summed E-state index contributed by atoms with van der Waals surface area (Å²) in [6.07, 6.45) is 3.39. The molecule has 3 nitrogen and oxygen atoms in total. The molecule has 0 radical (unpaired) electrons. The third kappa shape index (κ3) is 4.24. The number of carbonyl (C=O) groups excluding carboxylic acids is 1. The number of thiophene rings is 1. The van der Waals surface area contributed by atoms with Crippen molar-refractivity contribution in [2.75, 3.05) is 7.11 Å². The van der Waals surface area contributed by atoms with Crippen molar-refractivity contribution in [2.45, 2.75) is 13.5 Å². The fourth-order valence-corrected chi connectivity index (χ4v) is 2.51. The zero-order chi connectivity index (χ0) is 14.4. The second-order valence-corrected chi connectivity index (χ2v) is 5.67. The number of aryl methyl sites for hydroxylation is 1. The molecule has 0 saturated heterocycles. The van der Waals surface area contributed by atoms with E-state index in [1.54, 1.807) is 24.5 Å². The molecular weight excluding hydrogens is 270 g/mol. The van der Waals surface area contributed by atoms with Crippen LogP contribution in [-0.2, 0) is 11.3 Å². The van der Waals surface area contributed by atoms with Crippen LogP contribution in [-0.4, -0.2) is 13.0 Å². The van der Waals surface area contributed by atoms with Gasteiger partial charge in [-0.15, -0.1) is 11.3 Å². The van der Waals surface area contributed by atoms with Gasteiger partial charge in [-0.2, -0.15) is 0 Å². The van der Waals surface area contributed by atoms with Gasteiger partial charge < -0.3 is 10.1 Å². The van der Waals surface area contributed by atoms with E-state index < -0.39 is 0 Å². The van der Waals surface area contributed by atoms with Gasteiger partial charge in [0.05, 0.1) is 7.11 Å². The number of rotatable bonds is 5. The number of ether oxygens (including phenoxy) is 1. The summed E-state index contributed by atoms with van der Waals surface area (Å²) in [6.45, 7) is 2.54. The third-order valence-electron chi connectivity index (χ3n) is 2.76. The first-order valence-electron chi connectivity index (χ1n) is 6.32. The summed E-state index contributed by atoms with van der Waals surface area (Å²) < 4.78 is 5.14. The van der Waals surface area contributed by atoms with E-state index in [1.165, 1.54) is 4.88 Å². The van der Waals surface area contributed by atoms with E-state index in [4.69, 9.17) is 4.74 Å². The summed E-state index contributed by atoms with van der Waals surface area (Å²) in [7, 11) is 1.63. The van der Waals surface area contributed by atoms with Crippen LogP contribution in [0.3, 0.4) is 0 Å². The molecule has 0 bridgehead atoms. The second kappa shape index (κ2) is 6.91. The molecule has 1 heterocycles. The lowest BCUT2D eigenvalue weighted by Crippen LogP contribution is -2.20. The summed E-state index contributed by atoms with van der Waals surface area (Å²) in [4.78, 5) is 14.0. The van der Waals surface area contributed by atoms with Gasteiger partial charge in [0.1, 0.15) is 5.75 Å².